The normalized spacial score (nSPS) is 13.9. The lowest BCUT2D eigenvalue weighted by molar-refractivity contribution is 1.22. The summed E-state index contributed by atoms with van der Waals surface area (Å²) in [6.07, 6.45) is 9.41. The Morgan fingerprint density at radius 2 is 2.06 bits per heavy atom. The van der Waals surface area contributed by atoms with Crippen molar-refractivity contribution < 1.29 is 0 Å². The highest BCUT2D eigenvalue weighted by molar-refractivity contribution is 7.92. The Labute approximate surface area is 111 Å². The van der Waals surface area contributed by atoms with Crippen molar-refractivity contribution in [2.75, 3.05) is 5.49 Å². The van der Waals surface area contributed by atoms with Crippen molar-refractivity contribution in [2.45, 2.75) is 13.3 Å². The summed E-state index contributed by atoms with van der Waals surface area (Å²) in [6, 6.07) is 10.6. The Morgan fingerprint density at radius 3 is 2.59 bits per heavy atom. The van der Waals surface area contributed by atoms with Gasteiger partial charge in [-0.05, 0) is 25.0 Å². The van der Waals surface area contributed by atoms with Crippen LogP contribution in [0.25, 0.3) is 0 Å². The van der Waals surface area contributed by atoms with Crippen LogP contribution in [0.4, 0.5) is 0 Å². The maximum absolute atomic E-state index is 4.50. The molecule has 1 aromatic rings. The Balaban J connectivity index is 3.02. The van der Waals surface area contributed by atoms with Gasteiger partial charge in [-0.1, -0.05) is 68.1 Å². The molecular formula is C15H19PS. The van der Waals surface area contributed by atoms with Crippen LogP contribution < -0.4 is 5.30 Å². The molecule has 1 atom stereocenters. The Bertz CT molecular complexity index is 393. The van der Waals surface area contributed by atoms with E-state index < -0.39 is 0 Å². The largest absolute Gasteiger partial charge is 0.174 e. The zero-order valence-electron chi connectivity index (χ0n) is 10.2. The van der Waals surface area contributed by atoms with E-state index in [1.165, 1.54) is 10.6 Å². The minimum absolute atomic E-state index is 0.367. The van der Waals surface area contributed by atoms with Crippen molar-refractivity contribution in [2.24, 2.45) is 0 Å². The fourth-order valence-electron chi connectivity index (χ4n) is 1.52. The molecular weight excluding hydrogens is 243 g/mol. The van der Waals surface area contributed by atoms with Crippen LogP contribution >= 0.6 is 20.6 Å². The topological polar surface area (TPSA) is 0 Å². The second-order valence-electron chi connectivity index (χ2n) is 3.54. The van der Waals surface area contributed by atoms with E-state index >= 15 is 0 Å². The van der Waals surface area contributed by atoms with Gasteiger partial charge in [0.1, 0.15) is 0 Å². The molecule has 0 saturated carbocycles. The molecule has 0 N–H and O–H groups in total. The molecule has 1 unspecified atom stereocenters. The van der Waals surface area contributed by atoms with Gasteiger partial charge in [-0.2, -0.15) is 12.6 Å². The fraction of sp³-hybridized carbons (Fsp3) is 0.200. The van der Waals surface area contributed by atoms with Gasteiger partial charge in [0.25, 0.3) is 0 Å². The van der Waals surface area contributed by atoms with Crippen molar-refractivity contribution in [3.8, 4) is 0 Å². The summed E-state index contributed by atoms with van der Waals surface area (Å²) in [5.41, 5.74) is 0.868. The van der Waals surface area contributed by atoms with Gasteiger partial charge in [0.15, 0.2) is 0 Å². The number of benzene rings is 1. The minimum atomic E-state index is -0.367. The molecule has 0 saturated heterocycles. The standard InChI is InChI=1S/C15H19PS/c1-3-5-10-14(9-4-2)16(13-17)15-11-7-6-8-12-15/h4-12,17H,2-3,13H2,1H3/b10-5-,14-9+. The molecule has 0 amide bonds. The quantitative estimate of drug-likeness (QED) is 0.428. The van der Waals surface area contributed by atoms with E-state index in [0.29, 0.717) is 0 Å². The summed E-state index contributed by atoms with van der Waals surface area (Å²) in [4.78, 5) is 0. The van der Waals surface area contributed by atoms with E-state index in [4.69, 9.17) is 0 Å². The Morgan fingerprint density at radius 1 is 1.35 bits per heavy atom. The molecule has 1 rings (SSSR count). The summed E-state index contributed by atoms with van der Waals surface area (Å²) in [6.45, 7) is 5.94. The second kappa shape index (κ2) is 8.33. The molecule has 0 aliphatic rings. The van der Waals surface area contributed by atoms with Gasteiger partial charge in [-0.15, -0.1) is 0 Å². The fourth-order valence-corrected chi connectivity index (χ4v) is 4.22. The second-order valence-corrected chi connectivity index (χ2v) is 6.56. The first kappa shape index (κ1) is 14.3. The Hall–Kier alpha value is -0.780. The highest BCUT2D eigenvalue weighted by Gasteiger charge is 2.11. The lowest BCUT2D eigenvalue weighted by Gasteiger charge is -2.16. The number of rotatable bonds is 6. The predicted molar refractivity (Wildman–Crippen MR) is 84.6 cm³/mol. The third kappa shape index (κ3) is 4.53. The lowest BCUT2D eigenvalue weighted by Crippen LogP contribution is -2.01. The summed E-state index contributed by atoms with van der Waals surface area (Å²) in [5.74, 6) is 0. The van der Waals surface area contributed by atoms with Crippen molar-refractivity contribution in [1.29, 1.82) is 0 Å². The van der Waals surface area contributed by atoms with E-state index in [-0.39, 0.29) is 7.92 Å². The molecule has 0 aromatic heterocycles. The van der Waals surface area contributed by atoms with Crippen LogP contribution in [0.5, 0.6) is 0 Å². The number of thiol groups is 1. The molecule has 17 heavy (non-hydrogen) atoms. The third-order valence-electron chi connectivity index (χ3n) is 2.33. The maximum Gasteiger partial charge on any atom is 0.0186 e. The molecule has 0 spiro atoms. The van der Waals surface area contributed by atoms with Crippen molar-refractivity contribution in [3.05, 3.63) is 66.5 Å². The predicted octanol–water partition coefficient (Wildman–Crippen LogP) is 4.72. The molecule has 90 valence electrons. The monoisotopic (exact) mass is 262 g/mol. The molecule has 0 heterocycles. The van der Waals surface area contributed by atoms with Crippen LogP contribution in [-0.4, -0.2) is 5.49 Å². The van der Waals surface area contributed by atoms with Crippen LogP contribution in [-0.2, 0) is 0 Å². The summed E-state index contributed by atoms with van der Waals surface area (Å²) in [5, 5.41) is 2.70. The first-order chi connectivity index (χ1) is 8.33. The van der Waals surface area contributed by atoms with E-state index in [0.717, 1.165) is 11.9 Å². The summed E-state index contributed by atoms with van der Waals surface area (Å²) < 4.78 is 0. The minimum Gasteiger partial charge on any atom is -0.174 e. The van der Waals surface area contributed by atoms with Crippen LogP contribution in [0.15, 0.2) is 66.5 Å². The molecule has 0 aliphatic carbocycles. The molecule has 0 aliphatic heterocycles. The SMILES string of the molecule is C=C/C=C(\C=C/CC)P(CS)c1ccccc1. The van der Waals surface area contributed by atoms with Gasteiger partial charge in [-0.25, -0.2) is 0 Å². The van der Waals surface area contributed by atoms with E-state index in [1.54, 1.807) is 0 Å². The molecule has 0 fully saturated rings. The zero-order valence-corrected chi connectivity index (χ0v) is 12.0. The van der Waals surface area contributed by atoms with Crippen molar-refractivity contribution in [1.82, 2.24) is 0 Å². The van der Waals surface area contributed by atoms with Gasteiger partial charge in [0.2, 0.25) is 0 Å². The van der Waals surface area contributed by atoms with Crippen LogP contribution in [0.2, 0.25) is 0 Å². The average Bonchev–Trinajstić information content (AvgIpc) is 2.38. The number of hydrogen-bond acceptors (Lipinski definition) is 1. The highest BCUT2D eigenvalue weighted by atomic mass is 32.1. The van der Waals surface area contributed by atoms with Gasteiger partial charge >= 0.3 is 0 Å². The third-order valence-corrected chi connectivity index (χ3v) is 5.31. The lowest BCUT2D eigenvalue weighted by atomic mass is 10.4. The van der Waals surface area contributed by atoms with Gasteiger partial charge in [0.05, 0.1) is 0 Å². The first-order valence-corrected chi connectivity index (χ1v) is 7.92. The van der Waals surface area contributed by atoms with E-state index in [1.807, 2.05) is 12.1 Å². The Kier molecular flexibility index (Phi) is 7.00. The van der Waals surface area contributed by atoms with E-state index in [2.05, 4.69) is 68.6 Å². The van der Waals surface area contributed by atoms with E-state index in [9.17, 15) is 0 Å². The molecule has 1 aromatic carbocycles. The molecule has 0 bridgehead atoms. The number of hydrogen-bond donors (Lipinski definition) is 1. The number of allylic oxidation sites excluding steroid dienone is 5. The van der Waals surface area contributed by atoms with Crippen LogP contribution in [0, 0.1) is 0 Å². The van der Waals surface area contributed by atoms with Crippen LogP contribution in [0.3, 0.4) is 0 Å². The smallest absolute Gasteiger partial charge is 0.0186 e. The van der Waals surface area contributed by atoms with Crippen molar-refractivity contribution in [3.63, 3.8) is 0 Å². The summed E-state index contributed by atoms with van der Waals surface area (Å²) in [7, 11) is -0.367. The molecule has 0 radical (unpaired) electrons. The maximum atomic E-state index is 4.50. The van der Waals surface area contributed by atoms with Gasteiger partial charge in [0, 0.05) is 5.49 Å². The highest BCUT2D eigenvalue weighted by Crippen LogP contribution is 2.45. The summed E-state index contributed by atoms with van der Waals surface area (Å²) >= 11 is 4.50. The van der Waals surface area contributed by atoms with Crippen LogP contribution in [0.1, 0.15) is 13.3 Å². The van der Waals surface area contributed by atoms with Gasteiger partial charge in [-0.3, -0.25) is 0 Å². The molecule has 2 heteroatoms. The first-order valence-electron chi connectivity index (χ1n) is 5.76. The molecule has 0 nitrogen and oxygen atoms in total. The van der Waals surface area contributed by atoms with Gasteiger partial charge < -0.3 is 0 Å². The zero-order chi connectivity index (χ0) is 12.5. The van der Waals surface area contributed by atoms with Crippen molar-refractivity contribution >= 4 is 25.9 Å². The average molecular weight is 262 g/mol.